The lowest BCUT2D eigenvalue weighted by Crippen LogP contribution is -2.37. The first-order chi connectivity index (χ1) is 12.4. The molecule has 2 aromatic carbocycles. The smallest absolute Gasteiger partial charge is 0.191 e. The van der Waals surface area contributed by atoms with Crippen LogP contribution in [0.25, 0.3) is 0 Å². The second-order valence-corrected chi connectivity index (χ2v) is 8.69. The Kier molecular flexibility index (Phi) is 10.1. The van der Waals surface area contributed by atoms with Crippen LogP contribution in [0.2, 0.25) is 5.02 Å². The Hall–Kier alpha value is -1.32. The molecule has 0 aliphatic carbocycles. The first kappa shape index (κ1) is 23.7. The molecule has 0 aliphatic rings. The number of hydrogen-bond donors (Lipinski definition) is 2. The van der Waals surface area contributed by atoms with Gasteiger partial charge in [0.2, 0.25) is 0 Å². The second-order valence-electron chi connectivity index (χ2n) is 6.12. The highest BCUT2D eigenvalue weighted by molar-refractivity contribution is 14.0. The van der Waals surface area contributed by atoms with E-state index in [1.807, 2.05) is 48.5 Å². The van der Waals surface area contributed by atoms with Gasteiger partial charge in [0.05, 0.1) is 5.75 Å². The molecule has 2 aromatic rings. The highest BCUT2D eigenvalue weighted by atomic mass is 127. The lowest BCUT2D eigenvalue weighted by molar-refractivity contribution is 0.601. The largest absolute Gasteiger partial charge is 0.356 e. The first-order valence-corrected chi connectivity index (χ1v) is 10.7. The lowest BCUT2D eigenvalue weighted by atomic mass is 10.1. The van der Waals surface area contributed by atoms with Crippen molar-refractivity contribution in [2.45, 2.75) is 18.7 Å². The fourth-order valence-corrected chi connectivity index (χ4v) is 3.36. The van der Waals surface area contributed by atoms with Crippen LogP contribution >= 0.6 is 35.6 Å². The molecule has 8 heteroatoms. The summed E-state index contributed by atoms with van der Waals surface area (Å²) in [7, 11) is -1.28. The summed E-state index contributed by atoms with van der Waals surface area (Å²) < 4.78 is 22.6. The number of nitrogens with one attached hydrogen (secondary N) is 2. The summed E-state index contributed by atoms with van der Waals surface area (Å²) in [5.74, 6) is 0.786. The van der Waals surface area contributed by atoms with E-state index < -0.39 is 9.84 Å². The van der Waals surface area contributed by atoms with E-state index in [4.69, 9.17) is 11.6 Å². The van der Waals surface area contributed by atoms with Gasteiger partial charge in [-0.1, -0.05) is 48.0 Å². The van der Waals surface area contributed by atoms with Gasteiger partial charge < -0.3 is 10.6 Å². The minimum Gasteiger partial charge on any atom is -0.356 e. The summed E-state index contributed by atoms with van der Waals surface area (Å²) in [6.45, 7) is 1.37. The van der Waals surface area contributed by atoms with Crippen molar-refractivity contribution in [1.82, 2.24) is 10.6 Å². The molecule has 0 atom stereocenters. The summed E-state index contributed by atoms with van der Waals surface area (Å²) in [4.78, 5) is 4.21. The standard InChI is InChI=1S/C19H24ClN3O2S.HI/c1-21-19(22-12-11-15-7-9-18(20)10-8-15)23-13-16-3-5-17(6-4-16)14-26(2,24)25;/h3-10H,11-14H2,1-2H3,(H2,21,22,23);1H. The van der Waals surface area contributed by atoms with Gasteiger partial charge in [-0.15, -0.1) is 24.0 Å². The van der Waals surface area contributed by atoms with Crippen molar-refractivity contribution in [3.63, 3.8) is 0 Å². The highest BCUT2D eigenvalue weighted by Gasteiger charge is 2.04. The van der Waals surface area contributed by atoms with Crippen molar-refractivity contribution >= 4 is 51.4 Å². The highest BCUT2D eigenvalue weighted by Crippen LogP contribution is 2.10. The fraction of sp³-hybridized carbons (Fsp3) is 0.316. The molecule has 0 aromatic heterocycles. The van der Waals surface area contributed by atoms with Crippen molar-refractivity contribution in [1.29, 1.82) is 0 Å². The maximum Gasteiger partial charge on any atom is 0.191 e. The molecule has 0 amide bonds. The Balaban J connectivity index is 0.00000364. The number of aliphatic imine (C=N–C) groups is 1. The number of guanidine groups is 1. The summed E-state index contributed by atoms with van der Waals surface area (Å²) >= 11 is 5.88. The van der Waals surface area contributed by atoms with Crippen LogP contribution in [0.15, 0.2) is 53.5 Å². The quantitative estimate of drug-likeness (QED) is 0.333. The average molecular weight is 522 g/mol. The first-order valence-electron chi connectivity index (χ1n) is 8.30. The number of halogens is 2. The molecule has 0 heterocycles. The topological polar surface area (TPSA) is 70.6 Å². The Morgan fingerprint density at radius 2 is 1.52 bits per heavy atom. The summed E-state index contributed by atoms with van der Waals surface area (Å²) in [5.41, 5.74) is 3.06. The zero-order valence-corrected chi connectivity index (χ0v) is 19.3. The molecule has 0 saturated carbocycles. The van der Waals surface area contributed by atoms with Crippen LogP contribution in [0.1, 0.15) is 16.7 Å². The summed E-state index contributed by atoms with van der Waals surface area (Å²) in [6.07, 6.45) is 2.11. The number of sulfone groups is 1. The SMILES string of the molecule is CN=C(NCCc1ccc(Cl)cc1)NCc1ccc(CS(C)(=O)=O)cc1.I. The van der Waals surface area contributed by atoms with Gasteiger partial charge in [0.25, 0.3) is 0 Å². The maximum absolute atomic E-state index is 11.3. The van der Waals surface area contributed by atoms with Gasteiger partial charge in [-0.3, -0.25) is 4.99 Å². The van der Waals surface area contributed by atoms with E-state index in [9.17, 15) is 8.42 Å². The number of nitrogens with zero attached hydrogens (tertiary/aromatic N) is 1. The van der Waals surface area contributed by atoms with E-state index in [0.717, 1.165) is 35.1 Å². The third kappa shape index (κ3) is 9.44. The molecule has 0 spiro atoms. The van der Waals surface area contributed by atoms with E-state index >= 15 is 0 Å². The van der Waals surface area contributed by atoms with E-state index in [2.05, 4.69) is 15.6 Å². The normalized spacial score (nSPS) is 11.6. The third-order valence-electron chi connectivity index (χ3n) is 3.75. The fourth-order valence-electron chi connectivity index (χ4n) is 2.44. The van der Waals surface area contributed by atoms with Gasteiger partial charge in [0.1, 0.15) is 0 Å². The van der Waals surface area contributed by atoms with Crippen LogP contribution < -0.4 is 10.6 Å². The number of benzene rings is 2. The molecule has 148 valence electrons. The summed E-state index contributed by atoms with van der Waals surface area (Å²) in [5, 5.41) is 7.26. The average Bonchev–Trinajstić information content (AvgIpc) is 2.59. The van der Waals surface area contributed by atoms with Gasteiger partial charge in [-0.05, 0) is 35.2 Å². The Bertz CT molecular complexity index is 838. The van der Waals surface area contributed by atoms with Crippen molar-refractivity contribution in [3.05, 3.63) is 70.2 Å². The van der Waals surface area contributed by atoms with Crippen molar-refractivity contribution in [2.24, 2.45) is 4.99 Å². The lowest BCUT2D eigenvalue weighted by Gasteiger charge is -2.12. The molecule has 27 heavy (non-hydrogen) atoms. The van der Waals surface area contributed by atoms with Gasteiger partial charge in [-0.2, -0.15) is 0 Å². The van der Waals surface area contributed by atoms with Crippen LogP contribution in [0, 0.1) is 0 Å². The molecular formula is C19H25ClIN3O2S. The molecule has 2 rings (SSSR count). The minimum atomic E-state index is -3.01. The molecule has 5 nitrogen and oxygen atoms in total. The maximum atomic E-state index is 11.3. The molecule has 0 radical (unpaired) electrons. The minimum absolute atomic E-state index is 0. The Morgan fingerprint density at radius 3 is 2.07 bits per heavy atom. The van der Waals surface area contributed by atoms with E-state index in [0.29, 0.717) is 6.54 Å². The van der Waals surface area contributed by atoms with Crippen LogP contribution in [0.5, 0.6) is 0 Å². The molecular weight excluding hydrogens is 497 g/mol. The molecule has 0 fully saturated rings. The van der Waals surface area contributed by atoms with Crippen molar-refractivity contribution in [2.75, 3.05) is 19.8 Å². The van der Waals surface area contributed by atoms with Gasteiger partial charge in [0.15, 0.2) is 15.8 Å². The molecule has 0 aliphatic heterocycles. The zero-order valence-electron chi connectivity index (χ0n) is 15.4. The number of hydrogen-bond acceptors (Lipinski definition) is 3. The van der Waals surface area contributed by atoms with Crippen molar-refractivity contribution < 1.29 is 8.42 Å². The molecule has 2 N–H and O–H groups in total. The Labute approximate surface area is 183 Å². The molecule has 0 unspecified atom stereocenters. The number of rotatable bonds is 7. The predicted molar refractivity (Wildman–Crippen MR) is 124 cm³/mol. The molecule has 0 bridgehead atoms. The van der Waals surface area contributed by atoms with Crippen LogP contribution in [0.4, 0.5) is 0 Å². The van der Waals surface area contributed by atoms with Crippen LogP contribution in [-0.4, -0.2) is 34.2 Å². The van der Waals surface area contributed by atoms with E-state index in [1.54, 1.807) is 7.05 Å². The van der Waals surface area contributed by atoms with E-state index in [1.165, 1.54) is 11.8 Å². The summed E-state index contributed by atoms with van der Waals surface area (Å²) in [6, 6.07) is 15.3. The van der Waals surface area contributed by atoms with Gasteiger partial charge in [0, 0.05) is 31.4 Å². The Morgan fingerprint density at radius 1 is 0.963 bits per heavy atom. The van der Waals surface area contributed by atoms with E-state index in [-0.39, 0.29) is 29.7 Å². The second kappa shape index (κ2) is 11.5. The monoisotopic (exact) mass is 521 g/mol. The third-order valence-corrected chi connectivity index (χ3v) is 4.86. The van der Waals surface area contributed by atoms with Crippen LogP contribution in [-0.2, 0) is 28.6 Å². The van der Waals surface area contributed by atoms with Gasteiger partial charge >= 0.3 is 0 Å². The zero-order chi connectivity index (χ0) is 19.0. The van der Waals surface area contributed by atoms with Crippen LogP contribution in [0.3, 0.4) is 0 Å². The molecule has 0 saturated heterocycles. The predicted octanol–water partition coefficient (Wildman–Crippen LogP) is 3.41. The van der Waals surface area contributed by atoms with Gasteiger partial charge in [-0.25, -0.2) is 8.42 Å². The van der Waals surface area contributed by atoms with Crippen molar-refractivity contribution in [3.8, 4) is 0 Å².